The van der Waals surface area contributed by atoms with Crippen LogP contribution in [0.25, 0.3) is 10.8 Å². The Morgan fingerprint density at radius 1 is 1.17 bits per heavy atom. The van der Waals surface area contributed by atoms with E-state index in [1.807, 2.05) is 12.1 Å². The van der Waals surface area contributed by atoms with E-state index >= 15 is 0 Å². The molecule has 0 saturated carbocycles. The summed E-state index contributed by atoms with van der Waals surface area (Å²) in [5.74, 6) is -0.210. The first-order valence-corrected chi connectivity index (χ1v) is 6.13. The van der Waals surface area contributed by atoms with Crippen molar-refractivity contribution < 1.29 is 9.53 Å². The second-order valence-electron chi connectivity index (χ2n) is 4.09. The van der Waals surface area contributed by atoms with Gasteiger partial charge in [-0.15, -0.1) is 0 Å². The summed E-state index contributed by atoms with van der Waals surface area (Å²) in [6.45, 7) is 3.15. The maximum atomic E-state index is 11.2. The monoisotopic (exact) mass is 243 g/mol. The Labute approximate surface area is 107 Å². The Morgan fingerprint density at radius 3 is 2.72 bits per heavy atom. The van der Waals surface area contributed by atoms with E-state index in [0.717, 1.165) is 5.56 Å². The van der Waals surface area contributed by atoms with Gasteiger partial charge < -0.3 is 10.1 Å². The van der Waals surface area contributed by atoms with Gasteiger partial charge in [0, 0.05) is 6.54 Å². The molecule has 0 aliphatic carbocycles. The van der Waals surface area contributed by atoms with Gasteiger partial charge in [0.05, 0.1) is 13.2 Å². The summed E-state index contributed by atoms with van der Waals surface area (Å²) < 4.78 is 4.85. The number of carbonyl (C=O) groups excluding carboxylic acids is 1. The first kappa shape index (κ1) is 12.6. The van der Waals surface area contributed by atoms with Gasteiger partial charge in [0.2, 0.25) is 0 Å². The van der Waals surface area contributed by atoms with Gasteiger partial charge in [0.15, 0.2) is 0 Å². The molecule has 3 nitrogen and oxygen atoms in total. The van der Waals surface area contributed by atoms with Gasteiger partial charge in [0.25, 0.3) is 0 Å². The lowest BCUT2D eigenvalue weighted by Gasteiger charge is -2.06. The van der Waals surface area contributed by atoms with Crippen LogP contribution in [0.2, 0.25) is 0 Å². The van der Waals surface area contributed by atoms with E-state index < -0.39 is 0 Å². The molecule has 0 bridgehead atoms. The standard InChI is InChI=1S/C15H17NO2/c1-2-18-15(17)11-16-10-12-7-8-13-5-3-4-6-14(13)9-12/h3-9,16H,2,10-11H2,1H3. The zero-order chi connectivity index (χ0) is 12.8. The van der Waals surface area contributed by atoms with Crippen molar-refractivity contribution in [2.75, 3.05) is 13.2 Å². The Kier molecular flexibility index (Phi) is 4.31. The van der Waals surface area contributed by atoms with Crippen LogP contribution in [0.15, 0.2) is 42.5 Å². The molecule has 0 heterocycles. The average molecular weight is 243 g/mol. The molecule has 0 aromatic heterocycles. The fraction of sp³-hybridized carbons (Fsp3) is 0.267. The third-order valence-corrected chi connectivity index (χ3v) is 2.72. The van der Waals surface area contributed by atoms with Gasteiger partial charge in [-0.05, 0) is 29.3 Å². The Hall–Kier alpha value is -1.87. The van der Waals surface area contributed by atoms with Crippen molar-refractivity contribution in [1.82, 2.24) is 5.32 Å². The Bertz CT molecular complexity index is 537. The lowest BCUT2D eigenvalue weighted by Crippen LogP contribution is -2.24. The number of esters is 1. The molecule has 0 amide bonds. The fourth-order valence-electron chi connectivity index (χ4n) is 1.87. The zero-order valence-corrected chi connectivity index (χ0v) is 10.5. The molecule has 0 spiro atoms. The van der Waals surface area contributed by atoms with E-state index in [1.54, 1.807) is 6.92 Å². The fourth-order valence-corrected chi connectivity index (χ4v) is 1.87. The van der Waals surface area contributed by atoms with Gasteiger partial charge in [0.1, 0.15) is 0 Å². The molecule has 0 saturated heterocycles. The van der Waals surface area contributed by atoms with Gasteiger partial charge in [-0.25, -0.2) is 0 Å². The highest BCUT2D eigenvalue weighted by Gasteiger charge is 2.01. The lowest BCUT2D eigenvalue weighted by atomic mass is 10.1. The van der Waals surface area contributed by atoms with Gasteiger partial charge in [-0.1, -0.05) is 36.4 Å². The highest BCUT2D eigenvalue weighted by atomic mass is 16.5. The number of hydrogen-bond donors (Lipinski definition) is 1. The summed E-state index contributed by atoms with van der Waals surface area (Å²) in [4.78, 5) is 11.2. The van der Waals surface area contributed by atoms with Crippen molar-refractivity contribution in [2.24, 2.45) is 0 Å². The maximum Gasteiger partial charge on any atom is 0.319 e. The molecule has 0 radical (unpaired) electrons. The number of ether oxygens (including phenoxy) is 1. The van der Waals surface area contributed by atoms with Crippen molar-refractivity contribution in [2.45, 2.75) is 13.5 Å². The Balaban J connectivity index is 1.93. The summed E-state index contributed by atoms with van der Waals surface area (Å²) in [6, 6.07) is 14.5. The van der Waals surface area contributed by atoms with Crippen LogP contribution in [-0.2, 0) is 16.1 Å². The number of rotatable bonds is 5. The van der Waals surface area contributed by atoms with Crippen molar-refractivity contribution in [3.8, 4) is 0 Å². The van der Waals surface area contributed by atoms with Crippen LogP contribution in [0.1, 0.15) is 12.5 Å². The first-order valence-electron chi connectivity index (χ1n) is 6.13. The molecular formula is C15H17NO2. The molecular weight excluding hydrogens is 226 g/mol. The molecule has 2 rings (SSSR count). The number of hydrogen-bond acceptors (Lipinski definition) is 3. The largest absolute Gasteiger partial charge is 0.465 e. The molecule has 0 aliphatic rings. The molecule has 0 atom stereocenters. The summed E-state index contributed by atoms with van der Waals surface area (Å²) in [5.41, 5.74) is 1.16. The van der Waals surface area contributed by atoms with Crippen LogP contribution in [0, 0.1) is 0 Å². The predicted molar refractivity (Wildman–Crippen MR) is 72.3 cm³/mol. The number of benzene rings is 2. The normalized spacial score (nSPS) is 10.5. The van der Waals surface area contributed by atoms with Crippen molar-refractivity contribution in [3.63, 3.8) is 0 Å². The van der Waals surface area contributed by atoms with E-state index in [9.17, 15) is 4.79 Å². The minimum atomic E-state index is -0.210. The number of nitrogens with one attached hydrogen (secondary N) is 1. The highest BCUT2D eigenvalue weighted by molar-refractivity contribution is 5.83. The van der Waals surface area contributed by atoms with E-state index in [0.29, 0.717) is 13.2 Å². The summed E-state index contributed by atoms with van der Waals surface area (Å²) in [5, 5.41) is 5.52. The minimum absolute atomic E-state index is 0.210. The van der Waals surface area contributed by atoms with Crippen molar-refractivity contribution in [1.29, 1.82) is 0 Å². The molecule has 1 N–H and O–H groups in total. The van der Waals surface area contributed by atoms with Gasteiger partial charge in [-0.3, -0.25) is 4.79 Å². The predicted octanol–water partition coefficient (Wildman–Crippen LogP) is 2.49. The van der Waals surface area contributed by atoms with Crippen molar-refractivity contribution >= 4 is 16.7 Å². The zero-order valence-electron chi connectivity index (χ0n) is 10.5. The van der Waals surface area contributed by atoms with Crippen molar-refractivity contribution in [3.05, 3.63) is 48.0 Å². The first-order chi connectivity index (χ1) is 8.79. The van der Waals surface area contributed by atoms with Crippen LogP contribution in [-0.4, -0.2) is 19.1 Å². The van der Waals surface area contributed by atoms with Gasteiger partial charge >= 0.3 is 5.97 Å². The number of carbonyl (C=O) groups is 1. The summed E-state index contributed by atoms with van der Waals surface area (Å²) in [6.07, 6.45) is 0. The maximum absolute atomic E-state index is 11.2. The Morgan fingerprint density at radius 2 is 1.94 bits per heavy atom. The van der Waals surface area contributed by atoms with Crippen LogP contribution >= 0.6 is 0 Å². The second kappa shape index (κ2) is 6.17. The quantitative estimate of drug-likeness (QED) is 0.820. The smallest absolute Gasteiger partial charge is 0.319 e. The minimum Gasteiger partial charge on any atom is -0.465 e. The van der Waals surface area contributed by atoms with E-state index in [-0.39, 0.29) is 12.5 Å². The van der Waals surface area contributed by atoms with Crippen LogP contribution in [0.3, 0.4) is 0 Å². The second-order valence-corrected chi connectivity index (χ2v) is 4.09. The molecule has 2 aromatic rings. The van der Waals surface area contributed by atoms with Crippen LogP contribution in [0.5, 0.6) is 0 Å². The molecule has 0 fully saturated rings. The highest BCUT2D eigenvalue weighted by Crippen LogP contribution is 2.15. The van der Waals surface area contributed by atoms with Gasteiger partial charge in [-0.2, -0.15) is 0 Å². The molecule has 2 aromatic carbocycles. The van der Waals surface area contributed by atoms with Crippen LogP contribution in [0.4, 0.5) is 0 Å². The number of fused-ring (bicyclic) bond motifs is 1. The topological polar surface area (TPSA) is 38.3 Å². The lowest BCUT2D eigenvalue weighted by molar-refractivity contribution is -0.142. The third-order valence-electron chi connectivity index (χ3n) is 2.72. The van der Waals surface area contributed by atoms with E-state index in [2.05, 4.69) is 35.6 Å². The van der Waals surface area contributed by atoms with Crippen LogP contribution < -0.4 is 5.32 Å². The molecule has 18 heavy (non-hydrogen) atoms. The molecule has 94 valence electrons. The molecule has 0 unspecified atom stereocenters. The molecule has 3 heteroatoms. The summed E-state index contributed by atoms with van der Waals surface area (Å²) in [7, 11) is 0. The molecule has 0 aliphatic heterocycles. The van der Waals surface area contributed by atoms with E-state index in [1.165, 1.54) is 10.8 Å². The third kappa shape index (κ3) is 3.31. The SMILES string of the molecule is CCOC(=O)CNCc1ccc2ccccc2c1. The van der Waals surface area contributed by atoms with E-state index in [4.69, 9.17) is 4.74 Å². The summed E-state index contributed by atoms with van der Waals surface area (Å²) >= 11 is 0. The average Bonchev–Trinajstić information content (AvgIpc) is 2.39.